The van der Waals surface area contributed by atoms with Gasteiger partial charge in [-0.15, -0.1) is 24.8 Å². The second-order valence-corrected chi connectivity index (χ2v) is 6.34. The van der Waals surface area contributed by atoms with Crippen LogP contribution in [0.1, 0.15) is 0 Å². The van der Waals surface area contributed by atoms with Crippen molar-refractivity contribution in [3.05, 3.63) is 59.2 Å². The molecule has 1 fully saturated rings. The molecule has 0 radical (unpaired) electrons. The van der Waals surface area contributed by atoms with Crippen LogP contribution in [0, 0.1) is 0 Å². The third kappa shape index (κ3) is 3.56. The number of nitrogens with zero attached hydrogens (tertiary/aromatic N) is 4. The summed E-state index contributed by atoms with van der Waals surface area (Å²) in [5.41, 5.74) is 1.76. The maximum absolute atomic E-state index is 12.5. The van der Waals surface area contributed by atoms with E-state index in [-0.39, 0.29) is 24.8 Å². The Morgan fingerprint density at radius 2 is 1.86 bits per heavy atom. The Labute approximate surface area is 173 Å². The van der Waals surface area contributed by atoms with E-state index in [1.54, 1.807) is 6.07 Å². The summed E-state index contributed by atoms with van der Waals surface area (Å²) in [6.45, 7) is 3.64. The highest BCUT2D eigenvalue weighted by atomic mass is 35.5. The highest BCUT2D eigenvalue weighted by molar-refractivity contribution is 5.85. The highest BCUT2D eigenvalue weighted by Gasteiger charge is 2.15. The maximum Gasteiger partial charge on any atom is 0.347 e. The van der Waals surface area contributed by atoms with Crippen molar-refractivity contribution >= 4 is 47.4 Å². The van der Waals surface area contributed by atoms with E-state index in [2.05, 4.69) is 20.2 Å². The minimum absolute atomic E-state index is 0. The van der Waals surface area contributed by atoms with Gasteiger partial charge in [-0.2, -0.15) is 4.98 Å². The zero-order chi connectivity index (χ0) is 17.5. The monoisotopic (exact) mass is 419 g/mol. The van der Waals surface area contributed by atoms with E-state index < -0.39 is 5.63 Å². The van der Waals surface area contributed by atoms with Gasteiger partial charge in [-0.3, -0.25) is 0 Å². The van der Waals surface area contributed by atoms with Gasteiger partial charge in [-0.25, -0.2) is 9.78 Å². The topological polar surface area (TPSA) is 75.7 Å². The Morgan fingerprint density at radius 1 is 1.04 bits per heavy atom. The van der Waals surface area contributed by atoms with Crippen molar-refractivity contribution in [2.45, 2.75) is 0 Å². The van der Waals surface area contributed by atoms with Gasteiger partial charge in [-0.1, -0.05) is 6.07 Å². The molecule has 0 amide bonds. The fourth-order valence-corrected chi connectivity index (χ4v) is 3.30. The summed E-state index contributed by atoms with van der Waals surface area (Å²) in [6, 6.07) is 11.5. The number of piperazine rings is 1. The molecule has 1 N–H and O–H groups in total. The fourth-order valence-electron chi connectivity index (χ4n) is 3.30. The number of halogens is 2. The van der Waals surface area contributed by atoms with E-state index in [1.807, 2.05) is 47.1 Å². The van der Waals surface area contributed by atoms with Crippen LogP contribution in [0.5, 0.6) is 0 Å². The smallest absolute Gasteiger partial charge is 0.347 e. The molecule has 1 aliphatic heterocycles. The number of nitrogens with one attached hydrogen (secondary N) is 1. The van der Waals surface area contributed by atoms with E-state index in [0.29, 0.717) is 17.0 Å². The van der Waals surface area contributed by atoms with Crippen molar-refractivity contribution in [3.63, 3.8) is 0 Å². The zero-order valence-electron chi connectivity index (χ0n) is 14.9. The van der Waals surface area contributed by atoms with Crippen LogP contribution in [0.25, 0.3) is 28.0 Å². The van der Waals surface area contributed by atoms with Crippen LogP contribution in [0.3, 0.4) is 0 Å². The lowest BCUT2D eigenvalue weighted by atomic mass is 10.2. The second-order valence-electron chi connectivity index (χ2n) is 6.34. The van der Waals surface area contributed by atoms with Gasteiger partial charge in [-0.05, 0) is 30.3 Å². The molecular weight excluding hydrogens is 401 g/mol. The third-order valence-electron chi connectivity index (χ3n) is 4.67. The largest absolute Gasteiger partial charge is 0.403 e. The van der Waals surface area contributed by atoms with Gasteiger partial charge >= 0.3 is 5.63 Å². The van der Waals surface area contributed by atoms with E-state index in [0.717, 1.165) is 43.0 Å². The SMILES string of the molecule is Cl.Cl.O=c1oc2nc(N3CCNCC3)ccc2cc1-c1cn2ccccc2n1. The third-order valence-corrected chi connectivity index (χ3v) is 4.67. The molecule has 0 unspecified atom stereocenters. The molecule has 0 aromatic carbocycles. The number of aromatic nitrogens is 3. The molecular formula is C19H19Cl2N5O2. The number of rotatable bonds is 2. The Hall–Kier alpha value is -2.61. The van der Waals surface area contributed by atoms with Gasteiger partial charge in [0.15, 0.2) is 0 Å². The Kier molecular flexibility index (Phi) is 5.88. The number of hydrogen-bond acceptors (Lipinski definition) is 6. The molecule has 0 atom stereocenters. The molecule has 7 nitrogen and oxygen atoms in total. The normalized spacial score (nSPS) is 13.9. The predicted octanol–water partition coefficient (Wildman–Crippen LogP) is 2.76. The standard InChI is InChI=1S/C19H17N5O2.2ClH/c25-19-14(15-12-24-8-2-1-3-16(24)21-15)11-13-4-5-17(22-18(13)26-19)23-9-6-20-7-10-23;;/h1-5,8,11-12,20H,6-7,9-10H2;2*1H. The summed E-state index contributed by atoms with van der Waals surface area (Å²) in [5, 5.41) is 4.10. The summed E-state index contributed by atoms with van der Waals surface area (Å²) < 4.78 is 7.40. The van der Waals surface area contributed by atoms with Crippen molar-refractivity contribution in [1.82, 2.24) is 19.7 Å². The minimum Gasteiger partial charge on any atom is -0.403 e. The van der Waals surface area contributed by atoms with Gasteiger partial charge in [0.1, 0.15) is 11.5 Å². The van der Waals surface area contributed by atoms with Crippen molar-refractivity contribution in [2.75, 3.05) is 31.1 Å². The number of imidazole rings is 1. The molecule has 0 aliphatic carbocycles. The molecule has 5 rings (SSSR count). The molecule has 9 heteroatoms. The van der Waals surface area contributed by atoms with Crippen molar-refractivity contribution in [2.24, 2.45) is 0 Å². The maximum atomic E-state index is 12.5. The summed E-state index contributed by atoms with van der Waals surface area (Å²) in [5.74, 6) is 0.836. The predicted molar refractivity (Wildman–Crippen MR) is 114 cm³/mol. The first-order chi connectivity index (χ1) is 12.8. The van der Waals surface area contributed by atoms with Crippen molar-refractivity contribution < 1.29 is 4.42 Å². The van der Waals surface area contributed by atoms with E-state index in [1.165, 1.54) is 0 Å². The quantitative estimate of drug-likeness (QED) is 0.538. The molecule has 1 saturated heterocycles. The van der Waals surface area contributed by atoms with Gasteiger partial charge in [0.2, 0.25) is 5.71 Å². The van der Waals surface area contributed by atoms with Crippen LogP contribution in [-0.4, -0.2) is 40.5 Å². The van der Waals surface area contributed by atoms with E-state index >= 15 is 0 Å². The van der Waals surface area contributed by atoms with Gasteiger partial charge < -0.3 is 19.0 Å². The fraction of sp³-hybridized carbons (Fsp3) is 0.211. The average Bonchev–Trinajstić information content (AvgIpc) is 3.11. The summed E-state index contributed by atoms with van der Waals surface area (Å²) in [4.78, 5) is 23.8. The first kappa shape index (κ1) is 20.1. The van der Waals surface area contributed by atoms with Crippen LogP contribution in [0.4, 0.5) is 5.82 Å². The van der Waals surface area contributed by atoms with Crippen LogP contribution in [-0.2, 0) is 0 Å². The summed E-state index contributed by atoms with van der Waals surface area (Å²) >= 11 is 0. The van der Waals surface area contributed by atoms with Crippen LogP contribution in [0.2, 0.25) is 0 Å². The Bertz CT molecular complexity index is 1130. The van der Waals surface area contributed by atoms with Crippen molar-refractivity contribution in [3.8, 4) is 11.3 Å². The molecule has 4 aromatic heterocycles. The summed E-state index contributed by atoms with van der Waals surface area (Å²) in [6.07, 6.45) is 3.73. The highest BCUT2D eigenvalue weighted by Crippen LogP contribution is 2.22. The number of fused-ring (bicyclic) bond motifs is 2. The molecule has 1 aliphatic rings. The number of anilines is 1. The Balaban J connectivity index is 0.00000112. The van der Waals surface area contributed by atoms with E-state index in [4.69, 9.17) is 4.42 Å². The van der Waals surface area contributed by atoms with Gasteiger partial charge in [0.05, 0.1) is 11.3 Å². The molecule has 0 saturated carbocycles. The lowest BCUT2D eigenvalue weighted by Crippen LogP contribution is -2.43. The average molecular weight is 420 g/mol. The minimum atomic E-state index is -0.425. The first-order valence-corrected chi connectivity index (χ1v) is 8.63. The first-order valence-electron chi connectivity index (χ1n) is 8.63. The van der Waals surface area contributed by atoms with Crippen molar-refractivity contribution in [1.29, 1.82) is 0 Å². The zero-order valence-corrected chi connectivity index (χ0v) is 16.5. The molecule has 0 spiro atoms. The van der Waals surface area contributed by atoms with Gasteiger partial charge in [0, 0.05) is 44.0 Å². The molecule has 0 bridgehead atoms. The van der Waals surface area contributed by atoms with Gasteiger partial charge in [0.25, 0.3) is 0 Å². The Morgan fingerprint density at radius 3 is 2.64 bits per heavy atom. The van der Waals surface area contributed by atoms with Crippen LogP contribution in [0.15, 0.2) is 58.0 Å². The number of hydrogen-bond donors (Lipinski definition) is 1. The molecule has 5 heterocycles. The van der Waals surface area contributed by atoms with Crippen LogP contribution >= 0.6 is 24.8 Å². The summed E-state index contributed by atoms with van der Waals surface area (Å²) in [7, 11) is 0. The molecule has 146 valence electrons. The lowest BCUT2D eigenvalue weighted by molar-refractivity contribution is 0.547. The lowest BCUT2D eigenvalue weighted by Gasteiger charge is -2.28. The number of pyridine rings is 2. The molecule has 28 heavy (non-hydrogen) atoms. The molecule has 4 aromatic rings. The van der Waals surface area contributed by atoms with Crippen LogP contribution < -0.4 is 15.8 Å². The van der Waals surface area contributed by atoms with E-state index in [9.17, 15) is 4.79 Å². The second kappa shape index (κ2) is 8.18.